The second kappa shape index (κ2) is 8.73. The summed E-state index contributed by atoms with van der Waals surface area (Å²) in [6.07, 6.45) is 6.68. The van der Waals surface area contributed by atoms with Crippen LogP contribution >= 0.6 is 0 Å². The first-order valence-corrected chi connectivity index (χ1v) is 8.74. The van der Waals surface area contributed by atoms with Crippen LogP contribution in [0.25, 0.3) is 11.8 Å². The van der Waals surface area contributed by atoms with Crippen molar-refractivity contribution in [3.8, 4) is 11.4 Å². The third-order valence-corrected chi connectivity index (χ3v) is 4.13. The predicted octanol–water partition coefficient (Wildman–Crippen LogP) is 3.27. The number of carbonyl (C=O) groups is 2. The molecule has 0 aliphatic heterocycles. The van der Waals surface area contributed by atoms with E-state index in [1.165, 1.54) is 6.08 Å². The number of methoxy groups -OCH3 is 1. The number of para-hydroxylation sites is 1. The molecule has 1 aromatic heterocycles. The van der Waals surface area contributed by atoms with Gasteiger partial charge >= 0.3 is 0 Å². The molecule has 2 aromatic carbocycles. The molecule has 0 unspecified atom stereocenters. The van der Waals surface area contributed by atoms with Crippen LogP contribution in [0.1, 0.15) is 21.5 Å². The maximum atomic E-state index is 12.5. The summed E-state index contributed by atoms with van der Waals surface area (Å²) in [7, 11) is 1.57. The van der Waals surface area contributed by atoms with Crippen molar-refractivity contribution in [3.05, 3.63) is 89.8 Å². The van der Waals surface area contributed by atoms with Gasteiger partial charge in [0.15, 0.2) is 0 Å². The van der Waals surface area contributed by atoms with Crippen LogP contribution in [0.5, 0.6) is 5.75 Å². The Hall–Kier alpha value is -3.80. The first-order chi connectivity index (χ1) is 13.6. The standard InChI is InChI=1S/C22H21N3O3/c1-16-9-11-20(28-2)17(15-16)10-12-21(26)23-24-22(27)18-7-3-4-8-19(18)25-13-5-6-14-25/h3-15H,1-2H3,(H,23,26)(H,24,27)/b12-10+. The Morgan fingerprint density at radius 3 is 2.50 bits per heavy atom. The Balaban J connectivity index is 1.66. The number of benzene rings is 2. The molecular weight excluding hydrogens is 354 g/mol. The van der Waals surface area contributed by atoms with E-state index < -0.39 is 11.8 Å². The van der Waals surface area contributed by atoms with Crippen molar-refractivity contribution in [1.82, 2.24) is 15.4 Å². The van der Waals surface area contributed by atoms with E-state index >= 15 is 0 Å². The van der Waals surface area contributed by atoms with E-state index in [9.17, 15) is 9.59 Å². The third-order valence-electron chi connectivity index (χ3n) is 4.13. The van der Waals surface area contributed by atoms with Gasteiger partial charge in [-0.1, -0.05) is 23.8 Å². The maximum Gasteiger partial charge on any atom is 0.271 e. The van der Waals surface area contributed by atoms with E-state index in [0.29, 0.717) is 11.3 Å². The summed E-state index contributed by atoms with van der Waals surface area (Å²) in [4.78, 5) is 24.6. The summed E-state index contributed by atoms with van der Waals surface area (Å²) >= 11 is 0. The summed E-state index contributed by atoms with van der Waals surface area (Å²) in [5.41, 5.74) is 7.84. The number of nitrogens with one attached hydrogen (secondary N) is 2. The zero-order valence-electron chi connectivity index (χ0n) is 15.7. The molecule has 0 aliphatic carbocycles. The summed E-state index contributed by atoms with van der Waals surface area (Å²) in [6.45, 7) is 1.96. The van der Waals surface area contributed by atoms with Crippen molar-refractivity contribution in [2.24, 2.45) is 0 Å². The molecule has 28 heavy (non-hydrogen) atoms. The van der Waals surface area contributed by atoms with Crippen molar-refractivity contribution in [1.29, 1.82) is 0 Å². The normalized spacial score (nSPS) is 10.6. The molecule has 1 heterocycles. The van der Waals surface area contributed by atoms with E-state index in [4.69, 9.17) is 4.74 Å². The van der Waals surface area contributed by atoms with Crippen molar-refractivity contribution >= 4 is 17.9 Å². The number of carbonyl (C=O) groups excluding carboxylic acids is 2. The Bertz CT molecular complexity index is 1010. The fourth-order valence-electron chi connectivity index (χ4n) is 2.76. The number of aromatic nitrogens is 1. The molecule has 0 saturated carbocycles. The highest BCUT2D eigenvalue weighted by Crippen LogP contribution is 2.20. The largest absolute Gasteiger partial charge is 0.496 e. The minimum absolute atomic E-state index is 0.404. The molecule has 2 amide bonds. The molecule has 0 atom stereocenters. The third kappa shape index (κ3) is 4.48. The molecule has 3 rings (SSSR count). The Morgan fingerprint density at radius 1 is 1.00 bits per heavy atom. The van der Waals surface area contributed by atoms with Crippen molar-refractivity contribution in [3.63, 3.8) is 0 Å². The fourth-order valence-corrected chi connectivity index (χ4v) is 2.76. The zero-order chi connectivity index (χ0) is 19.9. The van der Waals surface area contributed by atoms with Crippen molar-refractivity contribution in [2.75, 3.05) is 7.11 Å². The lowest BCUT2D eigenvalue weighted by molar-refractivity contribution is -0.117. The van der Waals surface area contributed by atoms with E-state index in [2.05, 4.69) is 10.9 Å². The van der Waals surface area contributed by atoms with Gasteiger partial charge in [0.1, 0.15) is 5.75 Å². The first-order valence-electron chi connectivity index (χ1n) is 8.74. The molecule has 142 valence electrons. The van der Waals surface area contributed by atoms with Gasteiger partial charge in [-0.15, -0.1) is 0 Å². The molecule has 0 spiro atoms. The molecule has 0 fully saturated rings. The van der Waals surface area contributed by atoms with E-state index in [-0.39, 0.29) is 0 Å². The number of rotatable bonds is 5. The lowest BCUT2D eigenvalue weighted by Crippen LogP contribution is -2.41. The summed E-state index contributed by atoms with van der Waals surface area (Å²) in [5, 5.41) is 0. The molecule has 6 nitrogen and oxygen atoms in total. The van der Waals surface area contributed by atoms with Crippen molar-refractivity contribution < 1.29 is 14.3 Å². The molecular formula is C22H21N3O3. The van der Waals surface area contributed by atoms with Crippen LogP contribution in [-0.2, 0) is 4.79 Å². The minimum Gasteiger partial charge on any atom is -0.496 e. The van der Waals surface area contributed by atoms with Crippen LogP contribution in [0.3, 0.4) is 0 Å². The lowest BCUT2D eigenvalue weighted by Gasteiger charge is -2.11. The monoisotopic (exact) mass is 375 g/mol. The second-order valence-corrected chi connectivity index (χ2v) is 6.13. The number of hydrogen-bond donors (Lipinski definition) is 2. The number of nitrogens with zero attached hydrogens (tertiary/aromatic N) is 1. The minimum atomic E-state index is -0.449. The molecule has 2 N–H and O–H groups in total. The van der Waals surface area contributed by atoms with Gasteiger partial charge in [0, 0.05) is 24.0 Å². The lowest BCUT2D eigenvalue weighted by atomic mass is 10.1. The first kappa shape index (κ1) is 19.0. The summed E-state index contributed by atoms with van der Waals surface area (Å²) in [5.74, 6) is -0.186. The highest BCUT2D eigenvalue weighted by atomic mass is 16.5. The number of hydrogen-bond acceptors (Lipinski definition) is 3. The van der Waals surface area contributed by atoms with Crippen LogP contribution in [0.4, 0.5) is 0 Å². The average Bonchev–Trinajstić information content (AvgIpc) is 3.25. The molecule has 0 radical (unpaired) electrons. The summed E-state index contributed by atoms with van der Waals surface area (Å²) in [6, 6.07) is 16.6. The van der Waals surface area contributed by atoms with E-state index in [0.717, 1.165) is 16.8 Å². The van der Waals surface area contributed by atoms with Crippen LogP contribution in [0.15, 0.2) is 73.1 Å². The SMILES string of the molecule is COc1ccc(C)cc1/C=C/C(=O)NNC(=O)c1ccccc1-n1cccc1. The van der Waals surface area contributed by atoms with Gasteiger partial charge in [-0.05, 0) is 49.4 Å². The van der Waals surface area contributed by atoms with Gasteiger partial charge < -0.3 is 9.30 Å². The van der Waals surface area contributed by atoms with E-state index in [1.54, 1.807) is 25.3 Å². The highest BCUT2D eigenvalue weighted by Gasteiger charge is 2.12. The number of aryl methyl sites for hydroxylation is 1. The molecule has 6 heteroatoms. The van der Waals surface area contributed by atoms with Gasteiger partial charge in [0.05, 0.1) is 18.4 Å². The van der Waals surface area contributed by atoms with E-state index in [1.807, 2.05) is 66.3 Å². The van der Waals surface area contributed by atoms with Gasteiger partial charge in [0.2, 0.25) is 0 Å². The van der Waals surface area contributed by atoms with Gasteiger partial charge in [-0.3, -0.25) is 20.4 Å². The van der Waals surface area contributed by atoms with Crippen LogP contribution in [-0.4, -0.2) is 23.5 Å². The van der Waals surface area contributed by atoms with Gasteiger partial charge in [-0.2, -0.15) is 0 Å². The topological polar surface area (TPSA) is 72.4 Å². The van der Waals surface area contributed by atoms with Crippen LogP contribution in [0.2, 0.25) is 0 Å². The number of ether oxygens (including phenoxy) is 1. The number of amides is 2. The Kier molecular flexibility index (Phi) is 5.91. The molecule has 0 saturated heterocycles. The molecule has 3 aromatic rings. The average molecular weight is 375 g/mol. The highest BCUT2D eigenvalue weighted by molar-refractivity contribution is 6.00. The fraction of sp³-hybridized carbons (Fsp3) is 0.0909. The van der Waals surface area contributed by atoms with Gasteiger partial charge in [0.25, 0.3) is 11.8 Å². The smallest absolute Gasteiger partial charge is 0.271 e. The van der Waals surface area contributed by atoms with Crippen LogP contribution in [0, 0.1) is 6.92 Å². The second-order valence-electron chi connectivity index (χ2n) is 6.13. The zero-order valence-corrected chi connectivity index (χ0v) is 15.7. The number of hydrazine groups is 1. The van der Waals surface area contributed by atoms with Crippen molar-refractivity contribution in [2.45, 2.75) is 6.92 Å². The van der Waals surface area contributed by atoms with Crippen LogP contribution < -0.4 is 15.6 Å². The molecule has 0 aliphatic rings. The quantitative estimate of drug-likeness (QED) is 0.531. The maximum absolute atomic E-state index is 12.5. The Labute approximate surface area is 163 Å². The van der Waals surface area contributed by atoms with Gasteiger partial charge in [-0.25, -0.2) is 0 Å². The Morgan fingerprint density at radius 2 is 1.75 bits per heavy atom. The predicted molar refractivity (Wildman–Crippen MR) is 108 cm³/mol. The molecule has 0 bridgehead atoms. The summed E-state index contributed by atoms with van der Waals surface area (Å²) < 4.78 is 7.12.